The first kappa shape index (κ1) is 15.6. The van der Waals surface area contributed by atoms with Gasteiger partial charge in [-0.2, -0.15) is 13.2 Å². The van der Waals surface area contributed by atoms with Crippen LogP contribution in [-0.4, -0.2) is 19.7 Å². The fourth-order valence-corrected chi connectivity index (χ4v) is 2.70. The average molecular weight is 352 g/mol. The van der Waals surface area contributed by atoms with Crippen molar-refractivity contribution in [2.24, 2.45) is 5.92 Å². The fourth-order valence-electron chi connectivity index (χ4n) is 2.36. The molecule has 0 radical (unpaired) electrons. The fraction of sp³-hybridized carbons (Fsp3) is 0.571. The number of halogens is 4. The van der Waals surface area contributed by atoms with Crippen LogP contribution in [0, 0.1) is 5.92 Å². The molecule has 1 N–H and O–H groups in total. The molecular formula is C14H17BrF3NO. The van der Waals surface area contributed by atoms with E-state index >= 15 is 0 Å². The van der Waals surface area contributed by atoms with Gasteiger partial charge in [0.05, 0.1) is 12.2 Å². The van der Waals surface area contributed by atoms with Crippen LogP contribution in [0.5, 0.6) is 5.75 Å². The summed E-state index contributed by atoms with van der Waals surface area (Å²) in [6.07, 6.45) is -1.38. The summed E-state index contributed by atoms with van der Waals surface area (Å²) in [5, 5.41) is 3.29. The number of piperidine rings is 1. The van der Waals surface area contributed by atoms with Crippen LogP contribution in [0.3, 0.4) is 0 Å². The zero-order valence-electron chi connectivity index (χ0n) is 11.0. The van der Waals surface area contributed by atoms with Gasteiger partial charge < -0.3 is 10.1 Å². The second-order valence-electron chi connectivity index (χ2n) is 4.99. The number of rotatable bonds is 4. The van der Waals surface area contributed by atoms with Gasteiger partial charge in [-0.05, 0) is 56.5 Å². The van der Waals surface area contributed by atoms with Gasteiger partial charge in [0, 0.05) is 4.47 Å². The van der Waals surface area contributed by atoms with E-state index in [4.69, 9.17) is 4.74 Å². The van der Waals surface area contributed by atoms with Gasteiger partial charge in [0.2, 0.25) is 0 Å². The van der Waals surface area contributed by atoms with Crippen LogP contribution >= 0.6 is 15.9 Å². The molecule has 1 fully saturated rings. The molecule has 1 atom stereocenters. The minimum Gasteiger partial charge on any atom is -0.493 e. The summed E-state index contributed by atoms with van der Waals surface area (Å²) in [4.78, 5) is 0. The molecule has 2 rings (SSSR count). The molecule has 0 bridgehead atoms. The molecule has 1 unspecified atom stereocenters. The van der Waals surface area contributed by atoms with Crippen LogP contribution in [0.4, 0.5) is 13.2 Å². The molecule has 6 heteroatoms. The van der Waals surface area contributed by atoms with E-state index in [0.29, 0.717) is 17.0 Å². The van der Waals surface area contributed by atoms with Gasteiger partial charge in [-0.1, -0.05) is 15.9 Å². The predicted molar refractivity (Wildman–Crippen MR) is 74.8 cm³/mol. The minimum absolute atomic E-state index is 0.101. The third-order valence-corrected chi connectivity index (χ3v) is 3.92. The van der Waals surface area contributed by atoms with Crippen LogP contribution in [0.25, 0.3) is 0 Å². The van der Waals surface area contributed by atoms with E-state index in [0.717, 1.165) is 38.4 Å². The van der Waals surface area contributed by atoms with E-state index in [1.807, 2.05) is 0 Å². The van der Waals surface area contributed by atoms with E-state index in [9.17, 15) is 13.2 Å². The highest BCUT2D eigenvalue weighted by atomic mass is 79.9. The molecule has 1 aliphatic heterocycles. The molecule has 0 saturated carbocycles. The molecule has 0 aliphatic carbocycles. The van der Waals surface area contributed by atoms with Crippen molar-refractivity contribution in [3.63, 3.8) is 0 Å². The van der Waals surface area contributed by atoms with Crippen LogP contribution in [0.2, 0.25) is 0 Å². The maximum Gasteiger partial charge on any atom is 0.419 e. The molecule has 1 saturated heterocycles. The molecule has 1 aromatic carbocycles. The number of hydrogen-bond acceptors (Lipinski definition) is 2. The Morgan fingerprint density at radius 3 is 2.80 bits per heavy atom. The van der Waals surface area contributed by atoms with Gasteiger partial charge in [-0.25, -0.2) is 0 Å². The first-order chi connectivity index (χ1) is 9.47. The lowest BCUT2D eigenvalue weighted by atomic mass is 9.97. The van der Waals surface area contributed by atoms with Crippen LogP contribution < -0.4 is 10.1 Å². The Bertz CT molecular complexity index is 445. The third kappa shape index (κ3) is 4.38. The van der Waals surface area contributed by atoms with Crippen molar-refractivity contribution in [1.82, 2.24) is 5.32 Å². The summed E-state index contributed by atoms with van der Waals surface area (Å²) in [7, 11) is 0. The van der Waals surface area contributed by atoms with Gasteiger partial charge in [0.15, 0.2) is 0 Å². The highest BCUT2D eigenvalue weighted by Crippen LogP contribution is 2.37. The summed E-state index contributed by atoms with van der Waals surface area (Å²) in [5.74, 6) is 0.390. The maximum atomic E-state index is 12.9. The minimum atomic E-state index is -4.39. The molecule has 0 aromatic heterocycles. The summed E-state index contributed by atoms with van der Waals surface area (Å²) in [5.41, 5.74) is -0.720. The van der Waals surface area contributed by atoms with E-state index in [-0.39, 0.29) is 5.75 Å². The monoisotopic (exact) mass is 351 g/mol. The maximum absolute atomic E-state index is 12.9. The lowest BCUT2D eigenvalue weighted by Crippen LogP contribution is -2.30. The average Bonchev–Trinajstić information content (AvgIpc) is 2.38. The smallest absolute Gasteiger partial charge is 0.419 e. The van der Waals surface area contributed by atoms with Crippen molar-refractivity contribution in [2.45, 2.75) is 25.4 Å². The van der Waals surface area contributed by atoms with E-state index < -0.39 is 11.7 Å². The quantitative estimate of drug-likeness (QED) is 0.875. The highest BCUT2D eigenvalue weighted by molar-refractivity contribution is 9.10. The van der Waals surface area contributed by atoms with Gasteiger partial charge >= 0.3 is 6.18 Å². The molecule has 2 nitrogen and oxygen atoms in total. The summed E-state index contributed by atoms with van der Waals surface area (Å²) in [6.45, 7) is 2.26. The molecular weight excluding hydrogens is 335 g/mol. The Morgan fingerprint density at radius 1 is 1.35 bits per heavy atom. The van der Waals surface area contributed by atoms with E-state index in [1.54, 1.807) is 0 Å². The van der Waals surface area contributed by atoms with Crippen molar-refractivity contribution in [3.05, 3.63) is 28.2 Å². The van der Waals surface area contributed by atoms with Crippen molar-refractivity contribution in [1.29, 1.82) is 0 Å². The van der Waals surface area contributed by atoms with Crippen molar-refractivity contribution >= 4 is 15.9 Å². The number of hydrogen-bond donors (Lipinski definition) is 1. The van der Waals surface area contributed by atoms with Gasteiger partial charge in [-0.15, -0.1) is 0 Å². The molecule has 1 heterocycles. The molecule has 1 aliphatic rings. The molecule has 1 aromatic rings. The Balaban J connectivity index is 1.95. The summed E-state index contributed by atoms with van der Waals surface area (Å²) < 4.78 is 44.5. The Hall–Kier alpha value is -0.750. The largest absolute Gasteiger partial charge is 0.493 e. The molecule has 0 spiro atoms. The van der Waals surface area contributed by atoms with Crippen LogP contribution in [0.1, 0.15) is 24.8 Å². The SMILES string of the molecule is FC(F)(F)c1ccc(Br)cc1OCCC1CCCNC1. The lowest BCUT2D eigenvalue weighted by molar-refractivity contribution is -0.139. The van der Waals surface area contributed by atoms with Crippen molar-refractivity contribution in [2.75, 3.05) is 19.7 Å². The zero-order chi connectivity index (χ0) is 14.6. The molecule has 0 amide bonds. The van der Waals surface area contributed by atoms with E-state index in [2.05, 4.69) is 21.2 Å². The van der Waals surface area contributed by atoms with E-state index in [1.165, 1.54) is 12.1 Å². The number of benzene rings is 1. The van der Waals surface area contributed by atoms with Gasteiger partial charge in [0.1, 0.15) is 5.75 Å². The molecule has 112 valence electrons. The predicted octanol–water partition coefficient (Wildman–Crippen LogP) is 4.24. The third-order valence-electron chi connectivity index (χ3n) is 3.43. The van der Waals surface area contributed by atoms with Crippen molar-refractivity contribution < 1.29 is 17.9 Å². The van der Waals surface area contributed by atoms with Gasteiger partial charge in [-0.3, -0.25) is 0 Å². The Kier molecular flexibility index (Phi) is 5.32. The second-order valence-corrected chi connectivity index (χ2v) is 5.90. The lowest BCUT2D eigenvalue weighted by Gasteiger charge is -2.23. The van der Waals surface area contributed by atoms with Gasteiger partial charge in [0.25, 0.3) is 0 Å². The topological polar surface area (TPSA) is 21.3 Å². The number of ether oxygens (including phenoxy) is 1. The zero-order valence-corrected chi connectivity index (χ0v) is 12.6. The van der Waals surface area contributed by atoms with Crippen LogP contribution in [0.15, 0.2) is 22.7 Å². The second kappa shape index (κ2) is 6.80. The standard InChI is InChI=1S/C14H17BrF3NO/c15-11-3-4-12(14(16,17)18)13(8-11)20-7-5-10-2-1-6-19-9-10/h3-4,8,10,19H,1-2,5-7,9H2. The normalized spacial score (nSPS) is 19.9. The summed E-state index contributed by atoms with van der Waals surface area (Å²) >= 11 is 3.17. The molecule has 20 heavy (non-hydrogen) atoms. The summed E-state index contributed by atoms with van der Waals surface area (Å²) in [6, 6.07) is 3.80. The van der Waals surface area contributed by atoms with Crippen LogP contribution in [-0.2, 0) is 6.18 Å². The highest BCUT2D eigenvalue weighted by Gasteiger charge is 2.34. The Labute approximate surface area is 124 Å². The number of nitrogens with one attached hydrogen (secondary N) is 1. The number of alkyl halides is 3. The Morgan fingerprint density at radius 2 is 2.15 bits per heavy atom. The van der Waals surface area contributed by atoms with Crippen molar-refractivity contribution in [3.8, 4) is 5.75 Å². The first-order valence-electron chi connectivity index (χ1n) is 6.67. The first-order valence-corrected chi connectivity index (χ1v) is 7.46.